The van der Waals surface area contributed by atoms with Crippen LogP contribution < -0.4 is 20.3 Å². The molecule has 2 N–H and O–H groups in total. The van der Waals surface area contributed by atoms with Crippen LogP contribution in [0.4, 0.5) is 5.69 Å². The highest BCUT2D eigenvalue weighted by Gasteiger charge is 2.38. The van der Waals surface area contributed by atoms with Crippen molar-refractivity contribution in [1.82, 2.24) is 10.6 Å². The Bertz CT molecular complexity index is 632. The van der Waals surface area contributed by atoms with Crippen molar-refractivity contribution in [1.29, 1.82) is 0 Å². The summed E-state index contributed by atoms with van der Waals surface area (Å²) in [5.41, 5.74) is 1.16. The number of benzene rings is 1. The fourth-order valence-electron chi connectivity index (χ4n) is 5.00. The van der Waals surface area contributed by atoms with Crippen LogP contribution in [-0.4, -0.2) is 44.7 Å². The van der Waals surface area contributed by atoms with E-state index in [0.29, 0.717) is 17.9 Å². The number of ether oxygens (including phenoxy) is 1. The van der Waals surface area contributed by atoms with Gasteiger partial charge in [0.25, 0.3) is 0 Å². The van der Waals surface area contributed by atoms with Gasteiger partial charge in [0.2, 0.25) is 5.91 Å². The van der Waals surface area contributed by atoms with Crippen LogP contribution in [0.5, 0.6) is 5.75 Å². The summed E-state index contributed by atoms with van der Waals surface area (Å²) in [7, 11) is 1.72. The predicted molar refractivity (Wildman–Crippen MR) is 118 cm³/mol. The van der Waals surface area contributed by atoms with Crippen molar-refractivity contribution in [2.24, 2.45) is 11.8 Å². The van der Waals surface area contributed by atoms with E-state index in [-0.39, 0.29) is 36.8 Å². The van der Waals surface area contributed by atoms with E-state index in [1.54, 1.807) is 7.11 Å². The molecule has 1 amide bonds. The Morgan fingerprint density at radius 1 is 1.21 bits per heavy atom. The molecule has 4 unspecified atom stereocenters. The Balaban J connectivity index is 0.00000140. The lowest BCUT2D eigenvalue weighted by Gasteiger charge is -2.24. The van der Waals surface area contributed by atoms with Crippen molar-refractivity contribution in [2.45, 2.75) is 50.6 Å². The van der Waals surface area contributed by atoms with Gasteiger partial charge < -0.3 is 20.3 Å². The highest BCUT2D eigenvalue weighted by atomic mass is 35.5. The number of hydrogen-bond donors (Lipinski definition) is 2. The van der Waals surface area contributed by atoms with Crippen molar-refractivity contribution in [3.63, 3.8) is 0 Å². The highest BCUT2D eigenvalue weighted by Crippen LogP contribution is 2.34. The van der Waals surface area contributed by atoms with Gasteiger partial charge in [0.15, 0.2) is 0 Å². The second kappa shape index (κ2) is 10.6. The molecule has 4 rings (SSSR count). The zero-order valence-corrected chi connectivity index (χ0v) is 18.2. The number of anilines is 1. The van der Waals surface area contributed by atoms with Gasteiger partial charge in [-0.25, -0.2) is 0 Å². The molecule has 1 aromatic carbocycles. The first kappa shape index (κ1) is 23.1. The third-order valence-electron chi connectivity index (χ3n) is 6.46. The number of halogens is 2. The maximum atomic E-state index is 12.6. The lowest BCUT2D eigenvalue weighted by Crippen LogP contribution is -2.44. The van der Waals surface area contributed by atoms with Gasteiger partial charge in [-0.15, -0.1) is 24.8 Å². The topological polar surface area (TPSA) is 53.6 Å². The van der Waals surface area contributed by atoms with E-state index in [1.165, 1.54) is 25.7 Å². The first-order chi connectivity index (χ1) is 12.7. The summed E-state index contributed by atoms with van der Waals surface area (Å²) < 4.78 is 5.49. The van der Waals surface area contributed by atoms with Crippen LogP contribution in [0.15, 0.2) is 24.3 Å². The third kappa shape index (κ3) is 5.05. The van der Waals surface area contributed by atoms with Crippen LogP contribution in [0.2, 0.25) is 0 Å². The monoisotopic (exact) mass is 429 g/mol. The minimum atomic E-state index is 0. The summed E-state index contributed by atoms with van der Waals surface area (Å²) in [5.74, 6) is 2.35. The fourth-order valence-corrected chi connectivity index (χ4v) is 5.00. The average molecular weight is 430 g/mol. The number of hydrogen-bond acceptors (Lipinski definition) is 4. The molecule has 1 aliphatic carbocycles. The molecule has 2 aliphatic heterocycles. The third-order valence-corrected chi connectivity index (χ3v) is 6.46. The Morgan fingerprint density at radius 3 is 2.79 bits per heavy atom. The zero-order chi connectivity index (χ0) is 17.9. The Kier molecular flexibility index (Phi) is 8.72. The molecule has 3 fully saturated rings. The molecule has 5 nitrogen and oxygen atoms in total. The highest BCUT2D eigenvalue weighted by molar-refractivity contribution is 5.85. The van der Waals surface area contributed by atoms with Gasteiger partial charge in [-0.05, 0) is 49.7 Å². The Labute approximate surface area is 180 Å². The van der Waals surface area contributed by atoms with Crippen LogP contribution in [0, 0.1) is 11.8 Å². The molecule has 1 saturated carbocycles. The minimum Gasteiger partial charge on any atom is -0.495 e. The van der Waals surface area contributed by atoms with E-state index in [9.17, 15) is 4.79 Å². The van der Waals surface area contributed by atoms with Crippen LogP contribution in [0.3, 0.4) is 0 Å². The number of carbonyl (C=O) groups excluding carboxylic acids is 1. The number of fused-ring (bicyclic) bond motifs is 1. The fraction of sp³-hybridized carbons (Fsp3) is 0.667. The number of para-hydroxylation sites is 2. The molecule has 28 heavy (non-hydrogen) atoms. The summed E-state index contributed by atoms with van der Waals surface area (Å²) in [6.07, 6.45) is 7.31. The Morgan fingerprint density at radius 2 is 2.00 bits per heavy atom. The van der Waals surface area contributed by atoms with E-state index in [1.807, 2.05) is 12.1 Å². The maximum absolute atomic E-state index is 12.6. The van der Waals surface area contributed by atoms with Crippen molar-refractivity contribution in [3.8, 4) is 5.75 Å². The van der Waals surface area contributed by atoms with Crippen LogP contribution in [-0.2, 0) is 4.79 Å². The smallest absolute Gasteiger partial charge is 0.237 e. The lowest BCUT2D eigenvalue weighted by atomic mass is 9.85. The predicted octanol–water partition coefficient (Wildman–Crippen LogP) is 3.40. The van der Waals surface area contributed by atoms with Crippen molar-refractivity contribution >= 4 is 36.4 Å². The number of nitrogens with zero attached hydrogens (tertiary/aromatic N) is 1. The van der Waals surface area contributed by atoms with Gasteiger partial charge >= 0.3 is 0 Å². The molecular formula is C21H33Cl2N3O2. The van der Waals surface area contributed by atoms with Gasteiger partial charge in [0, 0.05) is 25.7 Å². The van der Waals surface area contributed by atoms with Crippen molar-refractivity contribution in [3.05, 3.63) is 24.3 Å². The molecule has 0 radical (unpaired) electrons. The summed E-state index contributed by atoms with van der Waals surface area (Å²) in [5, 5.41) is 6.80. The quantitative estimate of drug-likeness (QED) is 0.752. The molecule has 2 saturated heterocycles. The first-order valence-electron chi connectivity index (χ1n) is 10.2. The minimum absolute atomic E-state index is 0. The normalized spacial score (nSPS) is 28.7. The average Bonchev–Trinajstić information content (AvgIpc) is 3.33. The van der Waals surface area contributed by atoms with Gasteiger partial charge in [-0.3, -0.25) is 4.79 Å². The second-order valence-electron chi connectivity index (χ2n) is 8.12. The number of rotatable bonds is 5. The van der Waals surface area contributed by atoms with Crippen LogP contribution in [0.1, 0.15) is 38.5 Å². The van der Waals surface area contributed by atoms with E-state index in [0.717, 1.165) is 43.9 Å². The van der Waals surface area contributed by atoms with E-state index < -0.39 is 0 Å². The van der Waals surface area contributed by atoms with Gasteiger partial charge in [-0.1, -0.05) is 25.0 Å². The van der Waals surface area contributed by atoms with Gasteiger partial charge in [0.05, 0.1) is 18.8 Å². The summed E-state index contributed by atoms with van der Waals surface area (Å²) in [6, 6.07) is 8.78. The Hall–Kier alpha value is -1.17. The molecule has 158 valence electrons. The molecule has 4 atom stereocenters. The van der Waals surface area contributed by atoms with E-state index in [4.69, 9.17) is 4.74 Å². The number of nitrogens with one attached hydrogen (secondary N) is 2. The largest absolute Gasteiger partial charge is 0.495 e. The summed E-state index contributed by atoms with van der Waals surface area (Å²) in [6.45, 7) is 2.77. The molecule has 1 aromatic rings. The molecule has 3 aliphatic rings. The van der Waals surface area contributed by atoms with Crippen LogP contribution in [0.25, 0.3) is 0 Å². The van der Waals surface area contributed by atoms with E-state index >= 15 is 0 Å². The van der Waals surface area contributed by atoms with Crippen molar-refractivity contribution in [2.75, 3.05) is 31.6 Å². The molecular weight excluding hydrogens is 397 g/mol. The van der Waals surface area contributed by atoms with Crippen LogP contribution >= 0.6 is 24.8 Å². The van der Waals surface area contributed by atoms with E-state index in [2.05, 4.69) is 27.7 Å². The molecule has 0 spiro atoms. The zero-order valence-electron chi connectivity index (χ0n) is 16.6. The van der Waals surface area contributed by atoms with Gasteiger partial charge in [-0.2, -0.15) is 0 Å². The number of amides is 1. The maximum Gasteiger partial charge on any atom is 0.237 e. The summed E-state index contributed by atoms with van der Waals surface area (Å²) >= 11 is 0. The SMILES string of the molecule is COc1ccccc1N1CCC(CNC(=O)C2CC3CCCCC3N2)C1.Cl.Cl. The lowest BCUT2D eigenvalue weighted by molar-refractivity contribution is -0.123. The molecule has 7 heteroatoms. The van der Waals surface area contributed by atoms with Gasteiger partial charge in [0.1, 0.15) is 5.75 Å². The standard InChI is InChI=1S/C21H31N3O2.2ClH/c1-26-20-9-5-4-8-19(20)24-11-10-15(14-24)13-22-21(25)18-12-16-6-2-3-7-17(16)23-18;;/h4-5,8-9,15-18,23H,2-3,6-7,10-14H2,1H3,(H,22,25);2*1H. The number of carbonyl (C=O) groups is 1. The summed E-state index contributed by atoms with van der Waals surface area (Å²) in [4.78, 5) is 15.0. The first-order valence-corrected chi connectivity index (χ1v) is 10.2. The molecule has 0 aromatic heterocycles. The molecule has 0 bridgehead atoms. The number of methoxy groups -OCH3 is 1. The molecule has 2 heterocycles. The van der Waals surface area contributed by atoms with Crippen molar-refractivity contribution < 1.29 is 9.53 Å². The second-order valence-corrected chi connectivity index (χ2v) is 8.12.